The van der Waals surface area contributed by atoms with Gasteiger partial charge in [-0.3, -0.25) is 9.59 Å². The summed E-state index contributed by atoms with van der Waals surface area (Å²) in [5.41, 5.74) is 0.378. The fourth-order valence-corrected chi connectivity index (χ4v) is 2.09. The number of fused-ring (bicyclic) bond motifs is 1. The minimum atomic E-state index is -0.889. The first kappa shape index (κ1) is 15.8. The second-order valence-electron chi connectivity index (χ2n) is 4.86. The molecule has 9 heteroatoms. The third kappa shape index (κ3) is 3.01. The third-order valence-electron chi connectivity index (χ3n) is 3.22. The summed E-state index contributed by atoms with van der Waals surface area (Å²) in [7, 11) is 0. The standard InChI is InChI=1S/C15H13N3O6/c1-2-11-16-12(23-17-11)7-22-8-13(19)24-18-14(20)9-5-3-4-6-10(9)15(18)21/h3-6H,2,7-8H2,1H3. The summed E-state index contributed by atoms with van der Waals surface area (Å²) >= 11 is 0. The Morgan fingerprint density at radius 1 is 1.21 bits per heavy atom. The number of amides is 2. The molecule has 9 nitrogen and oxygen atoms in total. The van der Waals surface area contributed by atoms with E-state index < -0.39 is 24.4 Å². The second kappa shape index (κ2) is 6.59. The lowest BCUT2D eigenvalue weighted by molar-refractivity contribution is -0.174. The number of hydroxylamine groups is 2. The summed E-state index contributed by atoms with van der Waals surface area (Å²) in [6.07, 6.45) is 0.616. The summed E-state index contributed by atoms with van der Waals surface area (Å²) in [6, 6.07) is 6.21. The van der Waals surface area contributed by atoms with Crippen LogP contribution in [-0.2, 0) is 27.4 Å². The summed E-state index contributed by atoms with van der Waals surface area (Å²) in [5, 5.41) is 4.11. The van der Waals surface area contributed by atoms with Crippen LogP contribution in [0.15, 0.2) is 28.8 Å². The molecule has 0 saturated carbocycles. The molecule has 24 heavy (non-hydrogen) atoms. The molecule has 0 fully saturated rings. The maximum atomic E-state index is 12.0. The molecule has 0 spiro atoms. The number of hydrogen-bond donors (Lipinski definition) is 0. The van der Waals surface area contributed by atoms with Crippen LogP contribution < -0.4 is 0 Å². The van der Waals surface area contributed by atoms with E-state index in [1.165, 1.54) is 12.1 Å². The average molecular weight is 331 g/mol. The fraction of sp³-hybridized carbons (Fsp3) is 0.267. The number of aromatic nitrogens is 2. The Kier molecular flexibility index (Phi) is 4.34. The van der Waals surface area contributed by atoms with Crippen molar-refractivity contribution < 1.29 is 28.5 Å². The Morgan fingerprint density at radius 2 is 1.88 bits per heavy atom. The molecule has 3 rings (SSSR count). The van der Waals surface area contributed by atoms with Crippen LogP contribution in [0.3, 0.4) is 0 Å². The maximum Gasteiger partial charge on any atom is 0.358 e. The molecule has 0 bridgehead atoms. The van der Waals surface area contributed by atoms with Crippen LogP contribution in [0.5, 0.6) is 0 Å². The highest BCUT2D eigenvalue weighted by molar-refractivity contribution is 6.20. The van der Waals surface area contributed by atoms with Gasteiger partial charge < -0.3 is 14.1 Å². The molecule has 0 atom stereocenters. The Labute approximate surface area is 136 Å². The lowest BCUT2D eigenvalue weighted by Gasteiger charge is -2.12. The van der Waals surface area contributed by atoms with Gasteiger partial charge in [0.2, 0.25) is 0 Å². The average Bonchev–Trinajstić information content (AvgIpc) is 3.14. The molecule has 0 N–H and O–H groups in total. The van der Waals surface area contributed by atoms with E-state index in [-0.39, 0.29) is 23.6 Å². The Balaban J connectivity index is 1.52. The van der Waals surface area contributed by atoms with E-state index in [0.29, 0.717) is 17.3 Å². The Morgan fingerprint density at radius 3 is 2.46 bits per heavy atom. The van der Waals surface area contributed by atoms with Gasteiger partial charge in [0.15, 0.2) is 5.82 Å². The van der Waals surface area contributed by atoms with Gasteiger partial charge in [-0.2, -0.15) is 4.98 Å². The van der Waals surface area contributed by atoms with E-state index in [2.05, 4.69) is 10.1 Å². The summed E-state index contributed by atoms with van der Waals surface area (Å²) in [6.45, 7) is 1.32. The van der Waals surface area contributed by atoms with Gasteiger partial charge >= 0.3 is 5.97 Å². The van der Waals surface area contributed by atoms with Crippen molar-refractivity contribution in [3.63, 3.8) is 0 Å². The first-order chi connectivity index (χ1) is 11.6. The van der Waals surface area contributed by atoms with Gasteiger partial charge in [-0.15, -0.1) is 0 Å². The zero-order valence-corrected chi connectivity index (χ0v) is 12.7. The van der Waals surface area contributed by atoms with Crippen LogP contribution in [-0.4, -0.2) is 39.6 Å². The summed E-state index contributed by atoms with van der Waals surface area (Å²) in [5.74, 6) is -1.51. The van der Waals surface area contributed by atoms with Crippen LogP contribution >= 0.6 is 0 Å². The van der Waals surface area contributed by atoms with Gasteiger partial charge in [-0.1, -0.05) is 29.3 Å². The van der Waals surface area contributed by atoms with Crippen LogP contribution in [0.4, 0.5) is 0 Å². The molecule has 2 heterocycles. The number of nitrogens with zero attached hydrogens (tertiary/aromatic N) is 3. The van der Waals surface area contributed by atoms with Crippen molar-refractivity contribution >= 4 is 17.8 Å². The van der Waals surface area contributed by atoms with E-state index in [9.17, 15) is 14.4 Å². The number of carbonyl (C=O) groups is 3. The lowest BCUT2D eigenvalue weighted by Crippen LogP contribution is -2.34. The number of ether oxygens (including phenoxy) is 1. The molecule has 0 radical (unpaired) electrons. The molecule has 2 amide bonds. The number of benzene rings is 1. The van der Waals surface area contributed by atoms with Gasteiger partial charge in [0.25, 0.3) is 17.7 Å². The highest BCUT2D eigenvalue weighted by atomic mass is 16.7. The van der Waals surface area contributed by atoms with Crippen molar-refractivity contribution in [1.82, 2.24) is 15.2 Å². The molecule has 1 aromatic heterocycles. The van der Waals surface area contributed by atoms with Crippen molar-refractivity contribution in [2.24, 2.45) is 0 Å². The summed E-state index contributed by atoms with van der Waals surface area (Å²) in [4.78, 5) is 44.6. The van der Waals surface area contributed by atoms with E-state index in [1.807, 2.05) is 6.92 Å². The predicted octanol–water partition coefficient (Wildman–Crippen LogP) is 0.903. The topological polar surface area (TPSA) is 112 Å². The quantitative estimate of drug-likeness (QED) is 0.718. The number of hydrogen-bond acceptors (Lipinski definition) is 8. The van der Waals surface area contributed by atoms with Crippen LogP contribution in [0, 0.1) is 0 Å². The van der Waals surface area contributed by atoms with Gasteiger partial charge in [-0.05, 0) is 12.1 Å². The van der Waals surface area contributed by atoms with E-state index >= 15 is 0 Å². The van der Waals surface area contributed by atoms with Gasteiger partial charge in [0.1, 0.15) is 13.2 Å². The van der Waals surface area contributed by atoms with Gasteiger partial charge in [0, 0.05) is 6.42 Å². The minimum Gasteiger partial charge on any atom is -0.360 e. The van der Waals surface area contributed by atoms with Crippen LogP contribution in [0.1, 0.15) is 39.4 Å². The number of aryl methyl sites for hydroxylation is 1. The molecule has 0 aliphatic carbocycles. The normalized spacial score (nSPS) is 13.3. The minimum absolute atomic E-state index is 0.0791. The largest absolute Gasteiger partial charge is 0.360 e. The zero-order chi connectivity index (χ0) is 17.1. The van der Waals surface area contributed by atoms with Crippen molar-refractivity contribution in [2.45, 2.75) is 20.0 Å². The molecular formula is C15H13N3O6. The highest BCUT2D eigenvalue weighted by Crippen LogP contribution is 2.22. The van der Waals surface area contributed by atoms with E-state index in [0.717, 1.165) is 0 Å². The van der Waals surface area contributed by atoms with Gasteiger partial charge in [-0.25, -0.2) is 4.79 Å². The van der Waals surface area contributed by atoms with Crippen LogP contribution in [0.25, 0.3) is 0 Å². The highest BCUT2D eigenvalue weighted by Gasteiger charge is 2.38. The second-order valence-corrected chi connectivity index (χ2v) is 4.86. The van der Waals surface area contributed by atoms with Crippen molar-refractivity contribution in [3.8, 4) is 0 Å². The van der Waals surface area contributed by atoms with Crippen molar-refractivity contribution in [3.05, 3.63) is 47.1 Å². The van der Waals surface area contributed by atoms with Crippen molar-refractivity contribution in [1.29, 1.82) is 0 Å². The van der Waals surface area contributed by atoms with E-state index in [1.54, 1.807) is 12.1 Å². The predicted molar refractivity (Wildman–Crippen MR) is 76.4 cm³/mol. The first-order valence-corrected chi connectivity index (χ1v) is 7.18. The Hall–Kier alpha value is -3.07. The van der Waals surface area contributed by atoms with Gasteiger partial charge in [0.05, 0.1) is 11.1 Å². The molecular weight excluding hydrogens is 318 g/mol. The molecule has 124 valence electrons. The Bertz CT molecular complexity index is 765. The SMILES string of the molecule is CCc1noc(COCC(=O)ON2C(=O)c3ccccc3C2=O)n1. The molecule has 1 aliphatic heterocycles. The van der Waals surface area contributed by atoms with Crippen molar-refractivity contribution in [2.75, 3.05) is 6.61 Å². The third-order valence-corrected chi connectivity index (χ3v) is 3.22. The lowest BCUT2D eigenvalue weighted by atomic mass is 10.1. The molecule has 0 saturated heterocycles. The van der Waals surface area contributed by atoms with Crippen LogP contribution in [0.2, 0.25) is 0 Å². The summed E-state index contributed by atoms with van der Waals surface area (Å²) < 4.78 is 9.97. The molecule has 2 aromatic rings. The zero-order valence-electron chi connectivity index (χ0n) is 12.7. The number of carbonyl (C=O) groups excluding carboxylic acids is 3. The smallest absolute Gasteiger partial charge is 0.358 e. The molecule has 1 aliphatic rings. The maximum absolute atomic E-state index is 12.0. The first-order valence-electron chi connectivity index (χ1n) is 7.18. The molecule has 0 unspecified atom stereocenters. The number of imide groups is 1. The monoisotopic (exact) mass is 331 g/mol. The van der Waals surface area contributed by atoms with E-state index in [4.69, 9.17) is 14.1 Å². The fourth-order valence-electron chi connectivity index (χ4n) is 2.09. The number of rotatable bonds is 6. The molecule has 1 aromatic carbocycles.